The zero-order valence-corrected chi connectivity index (χ0v) is 21.9. The molecule has 2 aromatic heterocycles. The quantitative estimate of drug-likeness (QED) is 0.337. The maximum Gasteiger partial charge on any atom is 0.251 e. The van der Waals surface area contributed by atoms with Crippen LogP contribution in [-0.4, -0.2) is 46.6 Å². The van der Waals surface area contributed by atoms with Crippen molar-refractivity contribution in [3.05, 3.63) is 72.6 Å². The van der Waals surface area contributed by atoms with Crippen molar-refractivity contribution in [2.75, 3.05) is 31.3 Å². The Labute approximate surface area is 221 Å². The lowest BCUT2D eigenvalue weighted by molar-refractivity contribution is -0.112. The fourth-order valence-electron chi connectivity index (χ4n) is 4.29. The second kappa shape index (κ2) is 11.7. The number of nitrogens with zero attached hydrogens (tertiary/aromatic N) is 3. The van der Waals surface area contributed by atoms with E-state index in [1.54, 1.807) is 26.1 Å². The average molecular weight is 513 g/mol. The van der Waals surface area contributed by atoms with E-state index in [0.717, 1.165) is 41.0 Å². The molecule has 1 aliphatic heterocycles. The molecule has 4 aromatic rings. The highest BCUT2D eigenvalue weighted by molar-refractivity contribution is 6.08. The lowest BCUT2D eigenvalue weighted by Crippen LogP contribution is -2.17. The topological polar surface area (TPSA) is 124 Å². The Hall–Kier alpha value is -4.50. The molecule has 0 spiro atoms. The molecule has 2 amide bonds. The number of anilines is 2. The van der Waals surface area contributed by atoms with Gasteiger partial charge in [-0.3, -0.25) is 9.59 Å². The lowest BCUT2D eigenvalue weighted by Gasteiger charge is -2.11. The number of aromatic nitrogens is 3. The van der Waals surface area contributed by atoms with Gasteiger partial charge in [-0.15, -0.1) is 0 Å². The Morgan fingerprint density at radius 1 is 1.00 bits per heavy atom. The van der Waals surface area contributed by atoms with Crippen molar-refractivity contribution in [1.82, 2.24) is 19.9 Å². The molecular formula is C29H32N6O3. The van der Waals surface area contributed by atoms with Gasteiger partial charge in [0.1, 0.15) is 17.8 Å². The first kappa shape index (κ1) is 26.6. The number of carbonyl (C=O) groups is 2. The molecule has 0 aliphatic carbocycles. The average Bonchev–Trinajstić information content (AvgIpc) is 3.60. The molecule has 0 bridgehead atoms. The minimum atomic E-state index is -0.229. The van der Waals surface area contributed by atoms with Gasteiger partial charge in [-0.2, -0.15) is 0 Å². The van der Waals surface area contributed by atoms with Gasteiger partial charge in [0.25, 0.3) is 11.8 Å². The van der Waals surface area contributed by atoms with Crippen LogP contribution in [0.15, 0.2) is 67.0 Å². The second-order valence-electron chi connectivity index (χ2n) is 9.03. The molecule has 4 N–H and O–H groups in total. The number of rotatable bonds is 5. The fraction of sp³-hybridized carbons (Fsp3) is 0.241. The highest BCUT2D eigenvalue weighted by Gasteiger charge is 2.22. The van der Waals surface area contributed by atoms with Crippen molar-refractivity contribution in [3.8, 4) is 22.4 Å². The van der Waals surface area contributed by atoms with Crippen molar-refractivity contribution in [2.45, 2.75) is 19.8 Å². The first-order chi connectivity index (χ1) is 18.3. The van der Waals surface area contributed by atoms with Gasteiger partial charge >= 0.3 is 0 Å². The largest absolute Gasteiger partial charge is 0.383 e. The van der Waals surface area contributed by atoms with Gasteiger partial charge in [-0.05, 0) is 55.2 Å². The summed E-state index contributed by atoms with van der Waals surface area (Å²) in [6, 6.07) is 14.8. The maximum atomic E-state index is 12.0. The van der Waals surface area contributed by atoms with E-state index >= 15 is 0 Å². The van der Waals surface area contributed by atoms with Crippen molar-refractivity contribution in [3.63, 3.8) is 0 Å². The number of carbonyl (C=O) groups excluding carboxylic acids is 2. The first-order valence-corrected chi connectivity index (χ1v) is 12.4. The number of nitrogen functional groups attached to an aromatic ring is 1. The number of benzene rings is 2. The summed E-state index contributed by atoms with van der Waals surface area (Å²) in [5.41, 5.74) is 12.2. The van der Waals surface area contributed by atoms with Gasteiger partial charge in [0.15, 0.2) is 0 Å². The van der Waals surface area contributed by atoms with Crippen molar-refractivity contribution in [1.29, 1.82) is 0 Å². The number of ether oxygens (including phenoxy) is 1. The molecule has 1 saturated heterocycles. The van der Waals surface area contributed by atoms with E-state index in [9.17, 15) is 9.59 Å². The van der Waals surface area contributed by atoms with Gasteiger partial charge in [0.2, 0.25) is 0 Å². The Kier molecular flexibility index (Phi) is 8.18. The smallest absolute Gasteiger partial charge is 0.251 e. The third-order valence-corrected chi connectivity index (χ3v) is 6.29. The number of nitrogens with one attached hydrogen (secondary N) is 2. The van der Waals surface area contributed by atoms with E-state index < -0.39 is 0 Å². The molecule has 9 heteroatoms. The Morgan fingerprint density at radius 3 is 2.18 bits per heavy atom. The van der Waals surface area contributed by atoms with Crippen LogP contribution in [0.4, 0.5) is 11.5 Å². The lowest BCUT2D eigenvalue weighted by atomic mass is 9.97. The van der Waals surface area contributed by atoms with Crippen molar-refractivity contribution < 1.29 is 14.3 Å². The van der Waals surface area contributed by atoms with Gasteiger partial charge < -0.3 is 25.7 Å². The summed E-state index contributed by atoms with van der Waals surface area (Å²) >= 11 is 0. The van der Waals surface area contributed by atoms with E-state index in [4.69, 9.17) is 10.5 Å². The zero-order chi connectivity index (χ0) is 27.2. The van der Waals surface area contributed by atoms with E-state index in [-0.39, 0.29) is 11.8 Å². The highest BCUT2D eigenvalue weighted by atomic mass is 16.5. The molecule has 1 fully saturated rings. The maximum absolute atomic E-state index is 12.0. The minimum absolute atomic E-state index is 0.157. The third kappa shape index (κ3) is 5.57. The van der Waals surface area contributed by atoms with Crippen molar-refractivity contribution >= 4 is 34.4 Å². The molecule has 0 unspecified atom stereocenters. The summed E-state index contributed by atoms with van der Waals surface area (Å²) in [7, 11) is 3.52. The summed E-state index contributed by atoms with van der Waals surface area (Å²) in [6.45, 7) is 7.32. The Morgan fingerprint density at radius 2 is 1.63 bits per heavy atom. The minimum Gasteiger partial charge on any atom is -0.383 e. The number of nitrogens with two attached hydrogens (primary N) is 1. The molecule has 2 aromatic carbocycles. The van der Waals surface area contributed by atoms with Gasteiger partial charge in [-0.1, -0.05) is 30.8 Å². The molecule has 0 atom stereocenters. The second-order valence-corrected chi connectivity index (χ2v) is 9.03. The van der Waals surface area contributed by atoms with E-state index in [2.05, 4.69) is 27.2 Å². The molecule has 0 radical (unpaired) electrons. The van der Waals surface area contributed by atoms with Crippen LogP contribution in [0.2, 0.25) is 0 Å². The number of amides is 2. The van der Waals surface area contributed by atoms with Crippen LogP contribution in [0, 0.1) is 0 Å². The summed E-state index contributed by atoms with van der Waals surface area (Å²) in [5, 5.41) is 6.18. The molecular weight excluding hydrogens is 480 g/mol. The molecule has 3 heterocycles. The molecule has 5 rings (SSSR count). The number of fused-ring (bicyclic) bond motifs is 1. The normalized spacial score (nSPS) is 12.5. The van der Waals surface area contributed by atoms with E-state index in [1.165, 1.54) is 19.2 Å². The standard InChI is InChI=1S/C25H24N6O2.C4H8O/c1-14(2)24(32)30-18-11-9-16(10-12-18)21-19(15-5-7-17(8-6-15)25(33)27-3)20-22(26)28-13-29-23(20)31(21)4;1-2-4-5-3-1/h5-13H,1H2,2-4H3,(H,27,33)(H,30,32)(H2,26,28,29);1-4H2. The van der Waals surface area contributed by atoms with Crippen LogP contribution < -0.4 is 16.4 Å². The number of hydrogen-bond acceptors (Lipinski definition) is 6. The Balaban J connectivity index is 0.000000603. The number of aryl methyl sites for hydroxylation is 1. The summed E-state index contributed by atoms with van der Waals surface area (Å²) in [6.07, 6.45) is 4.00. The monoisotopic (exact) mass is 512 g/mol. The molecule has 0 saturated carbocycles. The fourth-order valence-corrected chi connectivity index (χ4v) is 4.29. The summed E-state index contributed by atoms with van der Waals surface area (Å²) in [5.74, 6) is -0.0141. The van der Waals surface area contributed by atoms with Gasteiger partial charge in [0, 0.05) is 49.7 Å². The third-order valence-electron chi connectivity index (χ3n) is 6.29. The Bertz CT molecular complexity index is 1460. The SMILES string of the molecule is C1CCOC1.C=C(C)C(=O)Nc1ccc(-c2c(-c3ccc(C(=O)NC)cc3)c3c(N)ncnc3n2C)cc1. The molecule has 196 valence electrons. The first-order valence-electron chi connectivity index (χ1n) is 12.4. The predicted octanol–water partition coefficient (Wildman–Crippen LogP) is 4.56. The van der Waals surface area contributed by atoms with Gasteiger partial charge in [0.05, 0.1) is 11.1 Å². The summed E-state index contributed by atoms with van der Waals surface area (Å²) in [4.78, 5) is 32.6. The van der Waals surface area contributed by atoms with Crippen LogP contribution in [0.25, 0.3) is 33.4 Å². The molecule has 9 nitrogen and oxygen atoms in total. The van der Waals surface area contributed by atoms with Crippen LogP contribution >= 0.6 is 0 Å². The molecule has 38 heavy (non-hydrogen) atoms. The zero-order valence-electron chi connectivity index (χ0n) is 21.9. The molecule has 1 aliphatic rings. The van der Waals surface area contributed by atoms with Crippen LogP contribution in [0.1, 0.15) is 30.1 Å². The number of hydrogen-bond donors (Lipinski definition) is 3. The van der Waals surface area contributed by atoms with E-state index in [0.29, 0.717) is 28.3 Å². The van der Waals surface area contributed by atoms with Crippen molar-refractivity contribution in [2.24, 2.45) is 7.05 Å². The summed E-state index contributed by atoms with van der Waals surface area (Å²) < 4.78 is 6.91. The van der Waals surface area contributed by atoms with Gasteiger partial charge in [-0.25, -0.2) is 9.97 Å². The van der Waals surface area contributed by atoms with E-state index in [1.807, 2.05) is 48.0 Å². The van der Waals surface area contributed by atoms with Crippen LogP contribution in [-0.2, 0) is 16.6 Å². The van der Waals surface area contributed by atoms with Crippen LogP contribution in [0.5, 0.6) is 0 Å². The van der Waals surface area contributed by atoms with Crippen LogP contribution in [0.3, 0.4) is 0 Å². The predicted molar refractivity (Wildman–Crippen MR) is 151 cm³/mol. The highest BCUT2D eigenvalue weighted by Crippen LogP contribution is 2.41.